The zero-order valence-electron chi connectivity index (χ0n) is 8.47. The highest BCUT2D eigenvalue weighted by Gasteiger charge is 2.50. The van der Waals surface area contributed by atoms with Crippen molar-refractivity contribution >= 4 is 16.8 Å². The molecular formula is C12H12ClFO. The molecule has 0 saturated heterocycles. The number of benzene rings is 1. The van der Waals surface area contributed by atoms with Gasteiger partial charge in [-0.05, 0) is 48.1 Å². The molecule has 0 radical (unpaired) electrons. The van der Waals surface area contributed by atoms with Crippen LogP contribution in [-0.4, -0.2) is 5.24 Å². The average Bonchev–Trinajstić information content (AvgIpc) is 2.19. The molecule has 0 aromatic heterocycles. The summed E-state index contributed by atoms with van der Waals surface area (Å²) in [6.45, 7) is 2.01. The van der Waals surface area contributed by atoms with Crippen molar-refractivity contribution in [2.75, 3.05) is 0 Å². The lowest BCUT2D eigenvalue weighted by atomic mass is 9.58. The van der Waals surface area contributed by atoms with Gasteiger partial charge in [0.25, 0.3) is 0 Å². The molecule has 1 aliphatic rings. The Labute approximate surface area is 93.2 Å². The lowest BCUT2D eigenvalue weighted by Gasteiger charge is -2.45. The lowest BCUT2D eigenvalue weighted by Crippen LogP contribution is -2.47. The van der Waals surface area contributed by atoms with Gasteiger partial charge in [0.1, 0.15) is 5.82 Å². The van der Waals surface area contributed by atoms with E-state index in [2.05, 4.69) is 0 Å². The minimum absolute atomic E-state index is 0.243. The van der Waals surface area contributed by atoms with Crippen molar-refractivity contribution in [3.8, 4) is 0 Å². The SMILES string of the molecule is CC1CCC1(C(=O)Cl)c1ccc(F)cc1. The molecule has 80 valence electrons. The summed E-state index contributed by atoms with van der Waals surface area (Å²) in [5.41, 5.74) is 0.262. The van der Waals surface area contributed by atoms with E-state index in [1.165, 1.54) is 12.1 Å². The molecule has 1 fully saturated rings. The molecule has 2 atom stereocenters. The molecule has 1 aromatic carbocycles. The second-order valence-electron chi connectivity index (χ2n) is 4.19. The first kappa shape index (κ1) is 10.6. The molecule has 2 rings (SSSR count). The molecule has 0 N–H and O–H groups in total. The summed E-state index contributed by atoms with van der Waals surface area (Å²) < 4.78 is 12.8. The zero-order valence-corrected chi connectivity index (χ0v) is 9.22. The minimum atomic E-state index is -0.574. The van der Waals surface area contributed by atoms with Crippen molar-refractivity contribution in [3.05, 3.63) is 35.6 Å². The van der Waals surface area contributed by atoms with Gasteiger partial charge in [0, 0.05) is 0 Å². The van der Waals surface area contributed by atoms with Crippen molar-refractivity contribution < 1.29 is 9.18 Å². The summed E-state index contributed by atoms with van der Waals surface area (Å²) in [4.78, 5) is 11.5. The quantitative estimate of drug-likeness (QED) is 0.708. The van der Waals surface area contributed by atoms with Crippen LogP contribution in [0.4, 0.5) is 4.39 Å². The third kappa shape index (κ3) is 1.48. The van der Waals surface area contributed by atoms with Crippen molar-refractivity contribution in [2.24, 2.45) is 5.92 Å². The molecule has 0 spiro atoms. The Morgan fingerprint density at radius 1 is 1.47 bits per heavy atom. The second kappa shape index (κ2) is 3.60. The summed E-state index contributed by atoms with van der Waals surface area (Å²) in [7, 11) is 0. The van der Waals surface area contributed by atoms with Crippen LogP contribution in [0.3, 0.4) is 0 Å². The Morgan fingerprint density at radius 3 is 2.40 bits per heavy atom. The fourth-order valence-electron chi connectivity index (χ4n) is 2.30. The van der Waals surface area contributed by atoms with Gasteiger partial charge in [0.2, 0.25) is 5.24 Å². The van der Waals surface area contributed by atoms with Gasteiger partial charge in [0.15, 0.2) is 0 Å². The van der Waals surface area contributed by atoms with Gasteiger partial charge >= 0.3 is 0 Å². The van der Waals surface area contributed by atoms with E-state index in [9.17, 15) is 9.18 Å². The molecule has 1 aliphatic carbocycles. The van der Waals surface area contributed by atoms with Gasteiger partial charge < -0.3 is 0 Å². The van der Waals surface area contributed by atoms with Crippen LogP contribution in [0.5, 0.6) is 0 Å². The number of carbonyl (C=O) groups is 1. The first-order chi connectivity index (χ1) is 7.07. The zero-order chi connectivity index (χ0) is 11.1. The molecule has 0 bridgehead atoms. The van der Waals surface area contributed by atoms with Crippen LogP contribution in [0, 0.1) is 11.7 Å². The highest BCUT2D eigenvalue weighted by Crippen LogP contribution is 2.50. The summed E-state index contributed by atoms with van der Waals surface area (Å²) in [5, 5.41) is -0.326. The van der Waals surface area contributed by atoms with E-state index in [0.717, 1.165) is 18.4 Å². The third-order valence-electron chi connectivity index (χ3n) is 3.52. The minimum Gasteiger partial charge on any atom is -0.280 e. The monoisotopic (exact) mass is 226 g/mol. The van der Waals surface area contributed by atoms with Crippen LogP contribution < -0.4 is 0 Å². The van der Waals surface area contributed by atoms with Gasteiger partial charge in [-0.15, -0.1) is 0 Å². The predicted octanol–water partition coefficient (Wildman–Crippen LogP) is 3.26. The molecule has 1 aromatic rings. The first-order valence-corrected chi connectivity index (χ1v) is 5.41. The summed E-state index contributed by atoms with van der Waals surface area (Å²) >= 11 is 5.67. The standard InChI is InChI=1S/C12H12ClFO/c1-8-6-7-12(8,11(13)15)9-2-4-10(14)5-3-9/h2-5,8H,6-7H2,1H3. The van der Waals surface area contributed by atoms with E-state index in [-0.39, 0.29) is 17.0 Å². The Hall–Kier alpha value is -0.890. The molecule has 0 aliphatic heterocycles. The van der Waals surface area contributed by atoms with Crippen LogP contribution >= 0.6 is 11.6 Å². The fraction of sp³-hybridized carbons (Fsp3) is 0.417. The predicted molar refractivity (Wildman–Crippen MR) is 57.3 cm³/mol. The number of hydrogen-bond donors (Lipinski definition) is 0. The summed E-state index contributed by atoms with van der Waals surface area (Å²) in [6.07, 6.45) is 1.76. The second-order valence-corrected chi connectivity index (χ2v) is 4.53. The van der Waals surface area contributed by atoms with E-state index >= 15 is 0 Å². The molecule has 2 unspecified atom stereocenters. The topological polar surface area (TPSA) is 17.1 Å². The van der Waals surface area contributed by atoms with Crippen LogP contribution in [0.25, 0.3) is 0 Å². The van der Waals surface area contributed by atoms with Crippen LogP contribution in [0.2, 0.25) is 0 Å². The normalized spacial score (nSPS) is 29.7. The van der Waals surface area contributed by atoms with E-state index in [0.29, 0.717) is 0 Å². The van der Waals surface area contributed by atoms with Crippen molar-refractivity contribution in [3.63, 3.8) is 0 Å². The number of halogens is 2. The van der Waals surface area contributed by atoms with Crippen molar-refractivity contribution in [2.45, 2.75) is 25.2 Å². The molecule has 1 nitrogen and oxygen atoms in total. The number of rotatable bonds is 2. The first-order valence-electron chi connectivity index (χ1n) is 5.03. The Kier molecular flexibility index (Phi) is 2.55. The van der Waals surface area contributed by atoms with Gasteiger partial charge in [-0.1, -0.05) is 19.1 Å². The van der Waals surface area contributed by atoms with E-state index in [1.807, 2.05) is 6.92 Å². The van der Waals surface area contributed by atoms with Crippen molar-refractivity contribution in [1.82, 2.24) is 0 Å². The van der Waals surface area contributed by atoms with Crippen LogP contribution in [0.1, 0.15) is 25.3 Å². The van der Waals surface area contributed by atoms with Crippen LogP contribution in [-0.2, 0) is 10.2 Å². The number of hydrogen-bond acceptors (Lipinski definition) is 1. The van der Waals surface area contributed by atoms with E-state index < -0.39 is 5.41 Å². The molecule has 0 heterocycles. The molecule has 15 heavy (non-hydrogen) atoms. The summed E-state index contributed by atoms with van der Waals surface area (Å²) in [5.74, 6) is -0.0455. The maximum Gasteiger partial charge on any atom is 0.232 e. The van der Waals surface area contributed by atoms with Gasteiger partial charge in [-0.2, -0.15) is 0 Å². The molecule has 1 saturated carbocycles. The van der Waals surface area contributed by atoms with Gasteiger partial charge in [-0.25, -0.2) is 4.39 Å². The maximum atomic E-state index is 12.8. The summed E-state index contributed by atoms with van der Waals surface area (Å²) in [6, 6.07) is 6.07. The Balaban J connectivity index is 2.42. The smallest absolute Gasteiger partial charge is 0.232 e. The third-order valence-corrected chi connectivity index (χ3v) is 3.86. The fourth-order valence-corrected chi connectivity index (χ4v) is 2.69. The highest BCUT2D eigenvalue weighted by molar-refractivity contribution is 6.65. The van der Waals surface area contributed by atoms with Crippen molar-refractivity contribution in [1.29, 1.82) is 0 Å². The molecule has 0 amide bonds. The largest absolute Gasteiger partial charge is 0.280 e. The average molecular weight is 227 g/mol. The van der Waals surface area contributed by atoms with Gasteiger partial charge in [-0.3, -0.25) is 4.79 Å². The molecule has 3 heteroatoms. The Bertz CT molecular complexity index is 387. The van der Waals surface area contributed by atoms with E-state index in [4.69, 9.17) is 11.6 Å². The highest BCUT2D eigenvalue weighted by atomic mass is 35.5. The Morgan fingerprint density at radius 2 is 2.07 bits per heavy atom. The lowest BCUT2D eigenvalue weighted by molar-refractivity contribution is -0.122. The maximum absolute atomic E-state index is 12.8. The van der Waals surface area contributed by atoms with Crippen LogP contribution in [0.15, 0.2) is 24.3 Å². The number of carbonyl (C=O) groups excluding carboxylic acids is 1. The van der Waals surface area contributed by atoms with E-state index in [1.54, 1.807) is 12.1 Å². The van der Waals surface area contributed by atoms with Gasteiger partial charge in [0.05, 0.1) is 5.41 Å². The molecular weight excluding hydrogens is 215 g/mol.